The lowest BCUT2D eigenvalue weighted by Crippen LogP contribution is -1.84. The Kier molecular flexibility index (Phi) is 2.29. The molecule has 0 aliphatic rings. The van der Waals surface area contributed by atoms with Crippen molar-refractivity contribution in [3.05, 3.63) is 60.5 Å². The van der Waals surface area contributed by atoms with Gasteiger partial charge in [0.05, 0.1) is 0 Å². The van der Waals surface area contributed by atoms with E-state index < -0.39 is 0 Å². The topological polar surface area (TPSA) is 25.0 Å². The summed E-state index contributed by atoms with van der Waals surface area (Å²) in [6, 6.07) is 13.7. The highest BCUT2D eigenvalue weighted by Crippen LogP contribution is 2.25. The number of fused-ring (bicyclic) bond motifs is 1. The van der Waals surface area contributed by atoms with Crippen molar-refractivity contribution in [2.45, 2.75) is 0 Å². The Morgan fingerprint density at radius 1 is 0.882 bits per heavy atom. The van der Waals surface area contributed by atoms with Crippen LogP contribution in [0, 0.1) is 5.82 Å². The number of hydrogen-bond acceptors (Lipinski definition) is 1. The minimum atomic E-state index is -0.265. The summed E-state index contributed by atoms with van der Waals surface area (Å²) in [6.45, 7) is 0. The zero-order valence-electron chi connectivity index (χ0n) is 8.98. The van der Waals surface area contributed by atoms with Gasteiger partial charge < -0.3 is 9.72 Å². The number of halogens is 1. The molecule has 0 amide bonds. The van der Waals surface area contributed by atoms with Gasteiger partial charge in [-0.15, -0.1) is 0 Å². The maximum absolute atomic E-state index is 12.7. The molecule has 0 atom stereocenters. The third-order valence-corrected chi connectivity index (χ3v) is 2.57. The van der Waals surface area contributed by atoms with E-state index in [9.17, 15) is 4.39 Å². The fraction of sp³-hybridized carbons (Fsp3) is 0. The molecule has 0 aliphatic carbocycles. The average Bonchev–Trinajstić information content (AvgIpc) is 2.79. The molecule has 0 unspecified atom stereocenters. The Balaban J connectivity index is 1.91. The Labute approximate surface area is 97.7 Å². The second kappa shape index (κ2) is 3.94. The minimum absolute atomic E-state index is 0.265. The molecule has 2 aromatic carbocycles. The van der Waals surface area contributed by atoms with Crippen LogP contribution in [0.5, 0.6) is 11.5 Å². The van der Waals surface area contributed by atoms with Gasteiger partial charge in [0.25, 0.3) is 0 Å². The molecule has 3 rings (SSSR count). The predicted molar refractivity (Wildman–Crippen MR) is 64.8 cm³/mol. The van der Waals surface area contributed by atoms with Crippen molar-refractivity contribution in [2.75, 3.05) is 0 Å². The Morgan fingerprint density at radius 3 is 2.47 bits per heavy atom. The largest absolute Gasteiger partial charge is 0.457 e. The van der Waals surface area contributed by atoms with Crippen molar-refractivity contribution >= 4 is 10.9 Å². The summed E-state index contributed by atoms with van der Waals surface area (Å²) in [6.07, 6.45) is 1.88. The van der Waals surface area contributed by atoms with Gasteiger partial charge in [-0.2, -0.15) is 0 Å². The van der Waals surface area contributed by atoms with Gasteiger partial charge in [0.2, 0.25) is 0 Å². The van der Waals surface area contributed by atoms with Crippen LogP contribution >= 0.6 is 0 Å². The average molecular weight is 227 g/mol. The van der Waals surface area contributed by atoms with Crippen molar-refractivity contribution in [2.24, 2.45) is 0 Å². The van der Waals surface area contributed by atoms with Crippen LogP contribution in [0.2, 0.25) is 0 Å². The van der Waals surface area contributed by atoms with Crippen molar-refractivity contribution in [1.82, 2.24) is 4.98 Å². The first kappa shape index (κ1) is 9.90. The van der Waals surface area contributed by atoms with Crippen LogP contribution in [0.1, 0.15) is 0 Å². The predicted octanol–water partition coefficient (Wildman–Crippen LogP) is 4.10. The van der Waals surface area contributed by atoms with Gasteiger partial charge in [-0.1, -0.05) is 0 Å². The van der Waals surface area contributed by atoms with Gasteiger partial charge in [-0.3, -0.25) is 0 Å². The highest BCUT2D eigenvalue weighted by Gasteiger charge is 2.00. The molecule has 0 aliphatic heterocycles. The van der Waals surface area contributed by atoms with E-state index >= 15 is 0 Å². The number of H-pyrrole nitrogens is 1. The summed E-state index contributed by atoms with van der Waals surface area (Å²) in [4.78, 5) is 3.11. The molecule has 3 aromatic rings. The lowest BCUT2D eigenvalue weighted by molar-refractivity contribution is 0.481. The number of nitrogens with one attached hydrogen (secondary N) is 1. The van der Waals surface area contributed by atoms with Crippen molar-refractivity contribution in [3.8, 4) is 11.5 Å². The molecule has 84 valence electrons. The third kappa shape index (κ3) is 1.99. The molecule has 3 heteroatoms. The number of rotatable bonds is 2. The zero-order chi connectivity index (χ0) is 11.7. The molecular formula is C14H10FNO. The van der Waals surface area contributed by atoms with Gasteiger partial charge in [0.15, 0.2) is 0 Å². The summed E-state index contributed by atoms with van der Waals surface area (Å²) in [5, 5.41) is 1.09. The smallest absolute Gasteiger partial charge is 0.128 e. The van der Waals surface area contributed by atoms with Crippen LogP contribution in [0.15, 0.2) is 54.7 Å². The standard InChI is InChI=1S/C14H10FNO/c15-11-1-3-12(4-2-11)17-13-5-6-14-10(9-13)7-8-16-14/h1-9,16H. The van der Waals surface area contributed by atoms with Crippen LogP contribution in [0.4, 0.5) is 4.39 Å². The van der Waals surface area contributed by atoms with Crippen LogP contribution in [-0.2, 0) is 0 Å². The fourth-order valence-corrected chi connectivity index (χ4v) is 1.73. The zero-order valence-corrected chi connectivity index (χ0v) is 8.98. The lowest BCUT2D eigenvalue weighted by Gasteiger charge is -2.05. The summed E-state index contributed by atoms with van der Waals surface area (Å²) >= 11 is 0. The molecule has 0 fully saturated rings. The third-order valence-electron chi connectivity index (χ3n) is 2.57. The molecule has 1 heterocycles. The summed E-state index contributed by atoms with van der Waals surface area (Å²) in [7, 11) is 0. The summed E-state index contributed by atoms with van der Waals surface area (Å²) in [5.74, 6) is 1.10. The molecule has 1 aromatic heterocycles. The summed E-state index contributed by atoms with van der Waals surface area (Å²) in [5.41, 5.74) is 1.07. The highest BCUT2D eigenvalue weighted by atomic mass is 19.1. The lowest BCUT2D eigenvalue weighted by atomic mass is 10.2. The highest BCUT2D eigenvalue weighted by molar-refractivity contribution is 5.80. The molecule has 1 N–H and O–H groups in total. The van der Waals surface area contributed by atoms with Crippen LogP contribution < -0.4 is 4.74 Å². The van der Waals surface area contributed by atoms with E-state index in [0.29, 0.717) is 5.75 Å². The number of aromatic nitrogens is 1. The van der Waals surface area contributed by atoms with Crippen molar-refractivity contribution in [3.63, 3.8) is 0 Å². The molecule has 2 nitrogen and oxygen atoms in total. The maximum atomic E-state index is 12.7. The molecule has 17 heavy (non-hydrogen) atoms. The molecule has 0 radical (unpaired) electrons. The maximum Gasteiger partial charge on any atom is 0.128 e. The molecule has 0 saturated carbocycles. The minimum Gasteiger partial charge on any atom is -0.457 e. The molecular weight excluding hydrogens is 217 g/mol. The van der Waals surface area contributed by atoms with E-state index in [0.717, 1.165) is 16.7 Å². The molecule has 0 saturated heterocycles. The van der Waals surface area contributed by atoms with E-state index in [1.807, 2.05) is 30.5 Å². The van der Waals surface area contributed by atoms with Crippen molar-refractivity contribution < 1.29 is 9.13 Å². The van der Waals surface area contributed by atoms with E-state index in [1.165, 1.54) is 12.1 Å². The second-order valence-corrected chi connectivity index (χ2v) is 3.78. The van der Waals surface area contributed by atoms with E-state index in [1.54, 1.807) is 12.1 Å². The number of hydrogen-bond donors (Lipinski definition) is 1. The Hall–Kier alpha value is -2.29. The molecule has 0 bridgehead atoms. The number of ether oxygens (including phenoxy) is 1. The normalized spacial score (nSPS) is 10.6. The first-order valence-electron chi connectivity index (χ1n) is 5.32. The van der Waals surface area contributed by atoms with Crippen LogP contribution in [0.25, 0.3) is 10.9 Å². The number of benzene rings is 2. The van der Waals surface area contributed by atoms with Gasteiger partial charge in [0, 0.05) is 17.1 Å². The van der Waals surface area contributed by atoms with E-state index in [2.05, 4.69) is 4.98 Å². The first-order valence-corrected chi connectivity index (χ1v) is 5.32. The second-order valence-electron chi connectivity index (χ2n) is 3.78. The Morgan fingerprint density at radius 2 is 1.65 bits per heavy atom. The van der Waals surface area contributed by atoms with Gasteiger partial charge in [-0.25, -0.2) is 4.39 Å². The van der Waals surface area contributed by atoms with Crippen LogP contribution in [-0.4, -0.2) is 4.98 Å². The van der Waals surface area contributed by atoms with Gasteiger partial charge in [-0.05, 0) is 48.5 Å². The van der Waals surface area contributed by atoms with E-state index in [4.69, 9.17) is 4.74 Å². The number of aromatic amines is 1. The molecule has 0 spiro atoms. The summed E-state index contributed by atoms with van der Waals surface area (Å²) < 4.78 is 18.4. The van der Waals surface area contributed by atoms with E-state index in [-0.39, 0.29) is 5.82 Å². The van der Waals surface area contributed by atoms with Gasteiger partial charge >= 0.3 is 0 Å². The monoisotopic (exact) mass is 227 g/mol. The quantitative estimate of drug-likeness (QED) is 0.700. The van der Waals surface area contributed by atoms with Gasteiger partial charge in [0.1, 0.15) is 17.3 Å². The Bertz CT molecular complexity index is 643. The SMILES string of the molecule is Fc1ccc(Oc2ccc3[nH]ccc3c2)cc1. The fourth-order valence-electron chi connectivity index (χ4n) is 1.73. The van der Waals surface area contributed by atoms with Crippen LogP contribution in [0.3, 0.4) is 0 Å². The van der Waals surface area contributed by atoms with Crippen molar-refractivity contribution in [1.29, 1.82) is 0 Å². The first-order chi connectivity index (χ1) is 8.31.